The molecule has 1 fully saturated rings. The maximum atomic E-state index is 12.1. The van der Waals surface area contributed by atoms with Crippen LogP contribution in [-0.4, -0.2) is 19.1 Å². The highest BCUT2D eigenvalue weighted by molar-refractivity contribution is 5.91. The number of ether oxygens (including phenoxy) is 2. The SMILES string of the molecule is O=C(CC1CCCCC1)Nc1ccc2c(c1)OCCCO2. The van der Waals surface area contributed by atoms with Crippen LogP contribution < -0.4 is 14.8 Å². The van der Waals surface area contributed by atoms with Crippen molar-refractivity contribution in [1.82, 2.24) is 0 Å². The number of fused-ring (bicyclic) bond motifs is 1. The zero-order valence-electron chi connectivity index (χ0n) is 12.4. The summed E-state index contributed by atoms with van der Waals surface area (Å²) in [4.78, 5) is 12.1. The summed E-state index contributed by atoms with van der Waals surface area (Å²) in [7, 11) is 0. The van der Waals surface area contributed by atoms with Gasteiger partial charge in [-0.15, -0.1) is 0 Å². The minimum atomic E-state index is 0.108. The van der Waals surface area contributed by atoms with Gasteiger partial charge in [0.05, 0.1) is 13.2 Å². The first kappa shape index (κ1) is 14.2. The van der Waals surface area contributed by atoms with Gasteiger partial charge in [0.1, 0.15) is 0 Å². The third-order valence-corrected chi connectivity index (χ3v) is 4.23. The van der Waals surface area contributed by atoms with E-state index < -0.39 is 0 Å². The Bertz CT molecular complexity index is 495. The highest BCUT2D eigenvalue weighted by Gasteiger charge is 2.18. The topological polar surface area (TPSA) is 47.6 Å². The molecule has 0 aromatic heterocycles. The number of hydrogen-bond acceptors (Lipinski definition) is 3. The van der Waals surface area contributed by atoms with Gasteiger partial charge in [-0.2, -0.15) is 0 Å². The molecule has 1 aromatic rings. The van der Waals surface area contributed by atoms with E-state index in [2.05, 4.69) is 5.32 Å². The molecular weight excluding hydrogens is 266 g/mol. The monoisotopic (exact) mass is 289 g/mol. The first-order valence-corrected chi connectivity index (χ1v) is 8.01. The number of anilines is 1. The molecule has 1 saturated carbocycles. The van der Waals surface area contributed by atoms with Crippen LogP contribution in [0.2, 0.25) is 0 Å². The number of rotatable bonds is 3. The average molecular weight is 289 g/mol. The van der Waals surface area contributed by atoms with Gasteiger partial charge in [0.25, 0.3) is 0 Å². The first-order valence-electron chi connectivity index (χ1n) is 8.01. The second-order valence-corrected chi connectivity index (χ2v) is 5.97. The number of benzene rings is 1. The minimum absolute atomic E-state index is 0.108. The molecule has 1 N–H and O–H groups in total. The largest absolute Gasteiger partial charge is 0.490 e. The molecule has 0 unspecified atom stereocenters. The summed E-state index contributed by atoms with van der Waals surface area (Å²) in [6.07, 6.45) is 7.75. The normalized spacial score (nSPS) is 18.9. The first-order chi connectivity index (χ1) is 10.3. The van der Waals surface area contributed by atoms with Gasteiger partial charge >= 0.3 is 0 Å². The van der Waals surface area contributed by atoms with Crippen molar-refractivity contribution in [2.75, 3.05) is 18.5 Å². The van der Waals surface area contributed by atoms with Gasteiger partial charge in [0.15, 0.2) is 11.5 Å². The minimum Gasteiger partial charge on any atom is -0.490 e. The van der Waals surface area contributed by atoms with E-state index in [4.69, 9.17) is 9.47 Å². The number of carbonyl (C=O) groups excluding carboxylic acids is 1. The van der Waals surface area contributed by atoms with E-state index in [0.717, 1.165) is 23.6 Å². The Morgan fingerprint density at radius 1 is 1.05 bits per heavy atom. The molecule has 0 bridgehead atoms. The molecule has 21 heavy (non-hydrogen) atoms. The molecule has 0 spiro atoms. The maximum absolute atomic E-state index is 12.1. The Morgan fingerprint density at radius 2 is 1.81 bits per heavy atom. The van der Waals surface area contributed by atoms with Crippen LogP contribution in [0, 0.1) is 5.92 Å². The second kappa shape index (κ2) is 6.83. The van der Waals surface area contributed by atoms with Crippen molar-refractivity contribution in [2.45, 2.75) is 44.9 Å². The molecule has 0 saturated heterocycles. The molecule has 4 heteroatoms. The molecular formula is C17H23NO3. The number of carbonyl (C=O) groups is 1. The Balaban J connectivity index is 1.59. The van der Waals surface area contributed by atoms with E-state index in [1.165, 1.54) is 32.1 Å². The summed E-state index contributed by atoms with van der Waals surface area (Å²) in [6, 6.07) is 5.61. The van der Waals surface area contributed by atoms with Crippen LogP contribution in [0.1, 0.15) is 44.9 Å². The van der Waals surface area contributed by atoms with Crippen LogP contribution in [0.25, 0.3) is 0 Å². The van der Waals surface area contributed by atoms with Gasteiger partial charge in [0.2, 0.25) is 5.91 Å². The Labute approximate surface area is 125 Å². The fourth-order valence-corrected chi connectivity index (χ4v) is 3.11. The molecule has 0 atom stereocenters. The predicted molar refractivity (Wildman–Crippen MR) is 81.9 cm³/mol. The van der Waals surface area contributed by atoms with Crippen molar-refractivity contribution >= 4 is 11.6 Å². The molecule has 3 rings (SSSR count). The van der Waals surface area contributed by atoms with Crippen LogP contribution in [-0.2, 0) is 4.79 Å². The maximum Gasteiger partial charge on any atom is 0.224 e. The van der Waals surface area contributed by atoms with E-state index >= 15 is 0 Å². The molecule has 2 aliphatic rings. The molecule has 0 radical (unpaired) electrons. The number of amides is 1. The van der Waals surface area contributed by atoms with E-state index in [1.807, 2.05) is 18.2 Å². The lowest BCUT2D eigenvalue weighted by Gasteiger charge is -2.21. The van der Waals surface area contributed by atoms with E-state index in [0.29, 0.717) is 25.6 Å². The summed E-state index contributed by atoms with van der Waals surface area (Å²) in [5, 5.41) is 2.99. The average Bonchev–Trinajstić information content (AvgIpc) is 2.73. The van der Waals surface area contributed by atoms with Gasteiger partial charge in [-0.05, 0) is 30.9 Å². The van der Waals surface area contributed by atoms with E-state index in [1.54, 1.807) is 0 Å². The van der Waals surface area contributed by atoms with E-state index in [9.17, 15) is 4.79 Å². The number of nitrogens with one attached hydrogen (secondary N) is 1. The standard InChI is InChI=1S/C17H23NO3/c19-17(11-13-5-2-1-3-6-13)18-14-7-8-15-16(12-14)21-10-4-9-20-15/h7-8,12-13H,1-6,9-11H2,(H,18,19). The Morgan fingerprint density at radius 3 is 2.62 bits per heavy atom. The molecule has 1 heterocycles. The fourth-order valence-electron chi connectivity index (χ4n) is 3.11. The molecule has 1 aliphatic carbocycles. The lowest BCUT2D eigenvalue weighted by Crippen LogP contribution is -2.18. The summed E-state index contributed by atoms with van der Waals surface area (Å²) in [6.45, 7) is 1.34. The van der Waals surface area contributed by atoms with Crippen molar-refractivity contribution in [3.8, 4) is 11.5 Å². The predicted octanol–water partition coefficient (Wildman–Crippen LogP) is 3.76. The zero-order chi connectivity index (χ0) is 14.5. The summed E-state index contributed by atoms with van der Waals surface area (Å²) in [5.41, 5.74) is 0.792. The van der Waals surface area contributed by atoms with Gasteiger partial charge in [0, 0.05) is 24.6 Å². The van der Waals surface area contributed by atoms with Crippen molar-refractivity contribution in [3.63, 3.8) is 0 Å². The van der Waals surface area contributed by atoms with Gasteiger partial charge in [-0.25, -0.2) is 0 Å². The quantitative estimate of drug-likeness (QED) is 0.921. The third-order valence-electron chi connectivity index (χ3n) is 4.23. The van der Waals surface area contributed by atoms with Crippen LogP contribution in [0.5, 0.6) is 11.5 Å². The van der Waals surface area contributed by atoms with Crippen LogP contribution in [0.15, 0.2) is 18.2 Å². The summed E-state index contributed by atoms with van der Waals surface area (Å²) >= 11 is 0. The van der Waals surface area contributed by atoms with E-state index in [-0.39, 0.29) is 5.91 Å². The highest BCUT2D eigenvalue weighted by atomic mass is 16.5. The Kier molecular flexibility index (Phi) is 4.63. The zero-order valence-corrected chi connectivity index (χ0v) is 12.4. The van der Waals surface area contributed by atoms with Crippen molar-refractivity contribution in [3.05, 3.63) is 18.2 Å². The van der Waals surface area contributed by atoms with Gasteiger partial charge in [-0.3, -0.25) is 4.79 Å². The van der Waals surface area contributed by atoms with Crippen molar-refractivity contribution < 1.29 is 14.3 Å². The summed E-state index contributed by atoms with van der Waals surface area (Å²) < 4.78 is 11.2. The summed E-state index contributed by atoms with van der Waals surface area (Å²) in [5.74, 6) is 2.15. The molecule has 1 aromatic carbocycles. The van der Waals surface area contributed by atoms with Gasteiger partial charge < -0.3 is 14.8 Å². The fraction of sp³-hybridized carbons (Fsp3) is 0.588. The molecule has 1 aliphatic heterocycles. The highest BCUT2D eigenvalue weighted by Crippen LogP contribution is 2.32. The smallest absolute Gasteiger partial charge is 0.224 e. The lowest BCUT2D eigenvalue weighted by molar-refractivity contribution is -0.117. The van der Waals surface area contributed by atoms with Crippen LogP contribution in [0.3, 0.4) is 0 Å². The third kappa shape index (κ3) is 3.90. The van der Waals surface area contributed by atoms with Gasteiger partial charge in [-0.1, -0.05) is 19.3 Å². The van der Waals surface area contributed by atoms with Crippen molar-refractivity contribution in [2.24, 2.45) is 5.92 Å². The molecule has 1 amide bonds. The van der Waals surface area contributed by atoms with Crippen molar-refractivity contribution in [1.29, 1.82) is 0 Å². The Hall–Kier alpha value is -1.71. The molecule has 114 valence electrons. The lowest BCUT2D eigenvalue weighted by atomic mass is 9.87. The second-order valence-electron chi connectivity index (χ2n) is 5.97. The molecule has 4 nitrogen and oxygen atoms in total. The van der Waals surface area contributed by atoms with Crippen LogP contribution >= 0.6 is 0 Å². The number of hydrogen-bond donors (Lipinski definition) is 1. The van der Waals surface area contributed by atoms with Crippen LogP contribution in [0.4, 0.5) is 5.69 Å².